The van der Waals surface area contributed by atoms with Gasteiger partial charge in [0.2, 0.25) is 0 Å². The first-order chi connectivity index (χ1) is 13.5. The maximum Gasteiger partial charge on any atom is 0.573 e. The molecule has 2 heterocycles. The van der Waals surface area contributed by atoms with E-state index in [1.54, 1.807) is 30.6 Å². The molecule has 0 saturated heterocycles. The van der Waals surface area contributed by atoms with Crippen LogP contribution in [-0.2, 0) is 11.3 Å². The normalized spacial score (nSPS) is 16.8. The molecule has 1 aromatic carbocycles. The smallest absolute Gasteiger partial charge is 0.467 e. The summed E-state index contributed by atoms with van der Waals surface area (Å²) >= 11 is 0. The fourth-order valence-electron chi connectivity index (χ4n) is 2.86. The molecule has 1 atom stereocenters. The maximum atomic E-state index is 12.3. The molecule has 1 aliphatic carbocycles. The van der Waals surface area contributed by atoms with Crippen molar-refractivity contribution in [1.29, 1.82) is 0 Å². The van der Waals surface area contributed by atoms with Crippen molar-refractivity contribution in [3.8, 4) is 5.88 Å². The second kappa shape index (κ2) is 7.34. The molecular weight excluding hydrogens is 375 g/mol. The molecule has 0 amide bonds. The van der Waals surface area contributed by atoms with E-state index in [1.807, 2.05) is 12.1 Å². The summed E-state index contributed by atoms with van der Waals surface area (Å²) in [7, 11) is 0. The van der Waals surface area contributed by atoms with Crippen molar-refractivity contribution in [1.82, 2.24) is 15.1 Å². The Labute approximate surface area is 157 Å². The Hall–Kier alpha value is -3.36. The SMILES string of the molecule is FC(F)(F)OC1=CCC(c2ccc3onc(OCc4ncccn4)c3c2)C=C1. The molecule has 0 N–H and O–H groups in total. The van der Waals surface area contributed by atoms with Gasteiger partial charge in [0.05, 0.1) is 5.39 Å². The Balaban J connectivity index is 1.50. The monoisotopic (exact) mass is 389 g/mol. The lowest BCUT2D eigenvalue weighted by Crippen LogP contribution is -2.13. The van der Waals surface area contributed by atoms with Gasteiger partial charge in [0.25, 0.3) is 5.88 Å². The van der Waals surface area contributed by atoms with Crippen LogP contribution in [0, 0.1) is 0 Å². The van der Waals surface area contributed by atoms with Gasteiger partial charge in [-0.2, -0.15) is 0 Å². The first-order valence-electron chi connectivity index (χ1n) is 8.40. The van der Waals surface area contributed by atoms with E-state index in [0.29, 0.717) is 29.1 Å². The zero-order chi connectivity index (χ0) is 19.6. The fraction of sp³-hybridized carbons (Fsp3) is 0.211. The van der Waals surface area contributed by atoms with Crippen molar-refractivity contribution in [2.24, 2.45) is 0 Å². The average Bonchev–Trinajstić information content (AvgIpc) is 3.09. The molecule has 0 aliphatic heterocycles. The lowest BCUT2D eigenvalue weighted by atomic mass is 9.91. The van der Waals surface area contributed by atoms with Crippen LogP contribution in [0.25, 0.3) is 11.0 Å². The number of aromatic nitrogens is 3. The van der Waals surface area contributed by atoms with Gasteiger partial charge < -0.3 is 14.0 Å². The Morgan fingerprint density at radius 3 is 2.71 bits per heavy atom. The van der Waals surface area contributed by atoms with E-state index in [0.717, 1.165) is 5.56 Å². The van der Waals surface area contributed by atoms with Crippen LogP contribution in [0.2, 0.25) is 0 Å². The summed E-state index contributed by atoms with van der Waals surface area (Å²) < 4.78 is 51.8. The molecule has 1 unspecified atom stereocenters. The van der Waals surface area contributed by atoms with E-state index in [9.17, 15) is 13.2 Å². The van der Waals surface area contributed by atoms with E-state index in [-0.39, 0.29) is 18.3 Å². The highest BCUT2D eigenvalue weighted by Gasteiger charge is 2.32. The fourth-order valence-corrected chi connectivity index (χ4v) is 2.86. The van der Waals surface area contributed by atoms with Crippen LogP contribution in [0.15, 0.2) is 65.2 Å². The van der Waals surface area contributed by atoms with Gasteiger partial charge >= 0.3 is 6.36 Å². The molecule has 0 spiro atoms. The third-order valence-electron chi connectivity index (χ3n) is 4.15. The number of allylic oxidation sites excluding steroid dienone is 3. The van der Waals surface area contributed by atoms with Crippen molar-refractivity contribution >= 4 is 11.0 Å². The van der Waals surface area contributed by atoms with Crippen molar-refractivity contribution in [2.45, 2.75) is 25.3 Å². The van der Waals surface area contributed by atoms with Crippen LogP contribution in [0.5, 0.6) is 5.88 Å². The Kier molecular flexibility index (Phi) is 4.72. The number of hydrogen-bond acceptors (Lipinski definition) is 6. The van der Waals surface area contributed by atoms with Crippen LogP contribution in [-0.4, -0.2) is 21.5 Å². The van der Waals surface area contributed by atoms with Gasteiger partial charge in [-0.25, -0.2) is 9.97 Å². The summed E-state index contributed by atoms with van der Waals surface area (Å²) in [6, 6.07) is 7.16. The van der Waals surface area contributed by atoms with E-state index in [2.05, 4.69) is 19.9 Å². The first-order valence-corrected chi connectivity index (χ1v) is 8.40. The molecule has 0 saturated carbocycles. The van der Waals surface area contributed by atoms with Crippen LogP contribution >= 0.6 is 0 Å². The molecule has 0 radical (unpaired) electrons. The third kappa shape index (κ3) is 4.13. The van der Waals surface area contributed by atoms with E-state index < -0.39 is 6.36 Å². The zero-order valence-corrected chi connectivity index (χ0v) is 14.4. The number of nitrogens with zero attached hydrogens (tertiary/aromatic N) is 3. The quantitative estimate of drug-likeness (QED) is 0.632. The second-order valence-electron chi connectivity index (χ2n) is 6.05. The van der Waals surface area contributed by atoms with E-state index in [4.69, 9.17) is 9.26 Å². The summed E-state index contributed by atoms with van der Waals surface area (Å²) in [6.45, 7) is 0.136. The number of hydrogen-bond donors (Lipinski definition) is 0. The Morgan fingerprint density at radius 2 is 2.00 bits per heavy atom. The van der Waals surface area contributed by atoms with E-state index >= 15 is 0 Å². The lowest BCUT2D eigenvalue weighted by Gasteiger charge is -2.18. The number of benzene rings is 1. The number of alkyl halides is 3. The minimum Gasteiger partial charge on any atom is -0.467 e. The van der Waals surface area contributed by atoms with Gasteiger partial charge in [0, 0.05) is 18.3 Å². The molecule has 144 valence electrons. The molecule has 0 fully saturated rings. The van der Waals surface area contributed by atoms with Gasteiger partial charge in [-0.3, -0.25) is 0 Å². The van der Waals surface area contributed by atoms with Crippen LogP contribution in [0.4, 0.5) is 13.2 Å². The topological polar surface area (TPSA) is 70.3 Å². The molecule has 28 heavy (non-hydrogen) atoms. The van der Waals surface area contributed by atoms with Gasteiger partial charge in [-0.1, -0.05) is 12.1 Å². The van der Waals surface area contributed by atoms with Gasteiger partial charge in [-0.05, 0) is 47.5 Å². The predicted octanol–water partition coefficient (Wildman–Crippen LogP) is 4.66. The highest BCUT2D eigenvalue weighted by molar-refractivity contribution is 5.83. The lowest BCUT2D eigenvalue weighted by molar-refractivity contribution is -0.303. The van der Waals surface area contributed by atoms with Crippen molar-refractivity contribution in [3.05, 3.63) is 72.0 Å². The highest BCUT2D eigenvalue weighted by atomic mass is 19.4. The van der Waals surface area contributed by atoms with Gasteiger partial charge in [0.15, 0.2) is 11.4 Å². The molecule has 2 aromatic heterocycles. The number of rotatable bonds is 5. The summed E-state index contributed by atoms with van der Waals surface area (Å²) in [5.74, 6) is 0.514. The summed E-state index contributed by atoms with van der Waals surface area (Å²) in [4.78, 5) is 8.16. The number of ether oxygens (including phenoxy) is 2. The standard InChI is InChI=1S/C19H14F3N3O3/c20-19(21,22)27-14-5-2-12(3-6-14)13-4-7-16-15(10-13)18(25-28-16)26-11-17-23-8-1-9-24-17/h1-2,4-10,12H,3,11H2. The van der Waals surface area contributed by atoms with E-state index in [1.165, 1.54) is 12.2 Å². The maximum absolute atomic E-state index is 12.3. The third-order valence-corrected chi connectivity index (χ3v) is 4.15. The Morgan fingerprint density at radius 1 is 1.18 bits per heavy atom. The number of fused-ring (bicyclic) bond motifs is 1. The molecular formula is C19H14F3N3O3. The van der Waals surface area contributed by atoms with Crippen LogP contribution in [0.3, 0.4) is 0 Å². The molecule has 0 bridgehead atoms. The van der Waals surface area contributed by atoms with Crippen LogP contribution < -0.4 is 4.74 Å². The first kappa shape index (κ1) is 18.0. The Bertz CT molecular complexity index is 1030. The molecule has 9 heteroatoms. The van der Waals surface area contributed by atoms with Crippen molar-refractivity contribution < 1.29 is 27.2 Å². The molecule has 1 aliphatic rings. The summed E-state index contributed by atoms with van der Waals surface area (Å²) in [6.07, 6.45) is 3.33. The van der Waals surface area contributed by atoms with Gasteiger partial charge in [-0.15, -0.1) is 13.2 Å². The minimum atomic E-state index is -4.70. The number of halogens is 3. The minimum absolute atomic E-state index is 0.0924. The highest BCUT2D eigenvalue weighted by Crippen LogP contribution is 2.34. The van der Waals surface area contributed by atoms with Gasteiger partial charge in [0.1, 0.15) is 12.4 Å². The van der Waals surface area contributed by atoms with Crippen LogP contribution in [0.1, 0.15) is 23.7 Å². The predicted molar refractivity (Wildman–Crippen MR) is 92.1 cm³/mol. The van der Waals surface area contributed by atoms with Crippen molar-refractivity contribution in [2.75, 3.05) is 0 Å². The summed E-state index contributed by atoms with van der Waals surface area (Å²) in [5.41, 5.74) is 1.44. The molecule has 3 aromatic rings. The van der Waals surface area contributed by atoms with Crippen molar-refractivity contribution in [3.63, 3.8) is 0 Å². The molecule has 6 nitrogen and oxygen atoms in total. The average molecular weight is 389 g/mol. The molecule has 4 rings (SSSR count). The zero-order valence-electron chi connectivity index (χ0n) is 14.4. The largest absolute Gasteiger partial charge is 0.573 e. The summed E-state index contributed by atoms with van der Waals surface area (Å²) in [5, 5.41) is 4.59. The second-order valence-corrected chi connectivity index (χ2v) is 6.05.